The van der Waals surface area contributed by atoms with Crippen LogP contribution in [0.1, 0.15) is 29.5 Å². The molecular formula is C16H20FN3O2. The Labute approximate surface area is 129 Å². The van der Waals surface area contributed by atoms with Crippen LogP contribution in [0.4, 0.5) is 4.39 Å². The minimum atomic E-state index is -0.410. The lowest BCUT2D eigenvalue weighted by atomic mass is 10.2. The van der Waals surface area contributed by atoms with Gasteiger partial charge in [0.05, 0.1) is 6.54 Å². The number of hydrogen-bond acceptors (Lipinski definition) is 3. The van der Waals surface area contributed by atoms with Crippen LogP contribution in [0.2, 0.25) is 0 Å². The third kappa shape index (κ3) is 3.84. The van der Waals surface area contributed by atoms with Crippen LogP contribution in [-0.2, 0) is 7.05 Å². The normalized spacial score (nSPS) is 12.0. The first-order chi connectivity index (χ1) is 10.5. The molecule has 0 fully saturated rings. The molecule has 0 radical (unpaired) electrons. The molecule has 0 saturated heterocycles. The number of carbonyl (C=O) groups excluding carboxylic acids is 1. The van der Waals surface area contributed by atoms with Crippen LogP contribution in [0.25, 0.3) is 0 Å². The van der Waals surface area contributed by atoms with Gasteiger partial charge in [0.2, 0.25) is 0 Å². The standard InChI is InChI=1S/C16H20FN3O2/c1-4-12(22-15-8-6-5-7-13(15)17)10-18-16(21)14-9-11(2)20(3)19-14/h5-9,12H,4,10H2,1-3H3,(H,18,21)/t12-/m1/s1. The van der Waals surface area contributed by atoms with Gasteiger partial charge in [0.15, 0.2) is 11.6 Å². The van der Waals surface area contributed by atoms with Gasteiger partial charge in [-0.05, 0) is 31.5 Å². The van der Waals surface area contributed by atoms with Gasteiger partial charge in [-0.3, -0.25) is 9.48 Å². The maximum atomic E-state index is 13.6. The number of rotatable bonds is 6. The molecule has 1 heterocycles. The van der Waals surface area contributed by atoms with E-state index >= 15 is 0 Å². The fourth-order valence-electron chi connectivity index (χ4n) is 1.96. The monoisotopic (exact) mass is 305 g/mol. The van der Waals surface area contributed by atoms with Crippen molar-refractivity contribution in [2.45, 2.75) is 26.4 Å². The fourth-order valence-corrected chi connectivity index (χ4v) is 1.96. The van der Waals surface area contributed by atoms with Gasteiger partial charge < -0.3 is 10.1 Å². The Balaban J connectivity index is 1.93. The molecule has 2 aromatic rings. The van der Waals surface area contributed by atoms with Gasteiger partial charge in [-0.1, -0.05) is 19.1 Å². The highest BCUT2D eigenvalue weighted by Crippen LogP contribution is 2.17. The summed E-state index contributed by atoms with van der Waals surface area (Å²) in [5, 5.41) is 6.88. The zero-order chi connectivity index (χ0) is 16.1. The molecule has 1 aromatic heterocycles. The summed E-state index contributed by atoms with van der Waals surface area (Å²) >= 11 is 0. The van der Waals surface area contributed by atoms with Crippen LogP contribution in [0, 0.1) is 12.7 Å². The molecule has 0 bridgehead atoms. The predicted octanol–water partition coefficient (Wildman–Crippen LogP) is 2.46. The van der Waals surface area contributed by atoms with Gasteiger partial charge in [-0.15, -0.1) is 0 Å². The van der Waals surface area contributed by atoms with Crippen molar-refractivity contribution < 1.29 is 13.9 Å². The predicted molar refractivity (Wildman–Crippen MR) is 81.4 cm³/mol. The number of halogens is 1. The van der Waals surface area contributed by atoms with Gasteiger partial charge >= 0.3 is 0 Å². The topological polar surface area (TPSA) is 56.2 Å². The summed E-state index contributed by atoms with van der Waals surface area (Å²) in [5.41, 5.74) is 1.26. The Morgan fingerprint density at radius 3 is 2.77 bits per heavy atom. The molecule has 0 unspecified atom stereocenters. The average molecular weight is 305 g/mol. The van der Waals surface area contributed by atoms with Crippen molar-refractivity contribution >= 4 is 5.91 Å². The highest BCUT2D eigenvalue weighted by molar-refractivity contribution is 5.92. The molecule has 1 atom stereocenters. The van der Waals surface area contributed by atoms with Gasteiger partial charge in [0.25, 0.3) is 5.91 Å². The molecule has 0 aliphatic rings. The van der Waals surface area contributed by atoms with E-state index in [2.05, 4.69) is 10.4 Å². The Kier molecular flexibility index (Phi) is 5.14. The van der Waals surface area contributed by atoms with Crippen molar-refractivity contribution in [3.05, 3.63) is 47.5 Å². The van der Waals surface area contributed by atoms with Crippen LogP contribution < -0.4 is 10.1 Å². The van der Waals surface area contributed by atoms with Crippen molar-refractivity contribution in [1.29, 1.82) is 0 Å². The van der Waals surface area contributed by atoms with E-state index in [-0.39, 0.29) is 17.8 Å². The second-order valence-corrected chi connectivity index (χ2v) is 5.08. The Bertz CT molecular complexity index is 635. The van der Waals surface area contributed by atoms with Crippen molar-refractivity contribution in [2.24, 2.45) is 7.05 Å². The first-order valence-electron chi connectivity index (χ1n) is 7.21. The van der Waals surface area contributed by atoms with Gasteiger partial charge in [0.1, 0.15) is 11.8 Å². The molecule has 1 aromatic carbocycles. The molecule has 22 heavy (non-hydrogen) atoms. The maximum Gasteiger partial charge on any atom is 0.271 e. The molecule has 6 heteroatoms. The second kappa shape index (κ2) is 7.06. The molecule has 118 valence electrons. The Morgan fingerprint density at radius 1 is 1.45 bits per heavy atom. The van der Waals surface area contributed by atoms with Gasteiger partial charge in [-0.25, -0.2) is 4.39 Å². The number of carbonyl (C=O) groups is 1. The van der Waals surface area contributed by atoms with Crippen molar-refractivity contribution in [3.63, 3.8) is 0 Å². The second-order valence-electron chi connectivity index (χ2n) is 5.08. The Hall–Kier alpha value is -2.37. The maximum absolute atomic E-state index is 13.6. The van der Waals surface area contributed by atoms with Crippen molar-refractivity contribution in [1.82, 2.24) is 15.1 Å². The molecule has 2 rings (SSSR count). The molecule has 1 N–H and O–H groups in total. The molecule has 1 amide bonds. The lowest BCUT2D eigenvalue weighted by molar-refractivity contribution is 0.0919. The van der Waals surface area contributed by atoms with E-state index in [1.54, 1.807) is 36.0 Å². The fraction of sp³-hybridized carbons (Fsp3) is 0.375. The number of nitrogens with zero attached hydrogens (tertiary/aromatic N) is 2. The summed E-state index contributed by atoms with van der Waals surface area (Å²) in [4.78, 5) is 12.0. The number of aromatic nitrogens is 2. The van der Waals surface area contributed by atoms with E-state index in [0.717, 1.165) is 5.69 Å². The lowest BCUT2D eigenvalue weighted by Gasteiger charge is -2.18. The highest BCUT2D eigenvalue weighted by Gasteiger charge is 2.15. The summed E-state index contributed by atoms with van der Waals surface area (Å²) in [5.74, 6) is -0.482. The average Bonchev–Trinajstić information content (AvgIpc) is 2.84. The molecule has 0 spiro atoms. The molecular weight excluding hydrogens is 285 g/mol. The van der Waals surface area contributed by atoms with E-state index < -0.39 is 5.82 Å². The van der Waals surface area contributed by atoms with Gasteiger partial charge in [0, 0.05) is 12.7 Å². The molecule has 0 aliphatic carbocycles. The zero-order valence-corrected chi connectivity index (χ0v) is 13.0. The summed E-state index contributed by atoms with van der Waals surface area (Å²) in [6.07, 6.45) is 0.348. The number of amides is 1. The van der Waals surface area contributed by atoms with E-state index in [1.165, 1.54) is 6.07 Å². The van der Waals surface area contributed by atoms with Crippen LogP contribution in [0.3, 0.4) is 0 Å². The van der Waals surface area contributed by atoms with E-state index in [9.17, 15) is 9.18 Å². The smallest absolute Gasteiger partial charge is 0.271 e. The minimum absolute atomic E-state index is 0.192. The van der Waals surface area contributed by atoms with Crippen LogP contribution >= 0.6 is 0 Å². The minimum Gasteiger partial charge on any atom is -0.486 e. The number of ether oxygens (including phenoxy) is 1. The first kappa shape index (κ1) is 16.0. The summed E-state index contributed by atoms with van der Waals surface area (Å²) < 4.78 is 20.8. The Morgan fingerprint density at radius 2 is 2.18 bits per heavy atom. The highest BCUT2D eigenvalue weighted by atomic mass is 19.1. The van der Waals surface area contributed by atoms with Gasteiger partial charge in [-0.2, -0.15) is 5.10 Å². The quantitative estimate of drug-likeness (QED) is 0.892. The molecule has 5 nitrogen and oxygen atoms in total. The summed E-state index contributed by atoms with van der Waals surface area (Å²) in [6, 6.07) is 7.95. The molecule has 0 aliphatic heterocycles. The summed E-state index contributed by atoms with van der Waals surface area (Å²) in [7, 11) is 1.78. The van der Waals surface area contributed by atoms with Crippen molar-refractivity contribution in [3.8, 4) is 5.75 Å². The number of benzene rings is 1. The molecule has 0 saturated carbocycles. The van der Waals surface area contributed by atoms with Crippen LogP contribution in [0.5, 0.6) is 5.75 Å². The van der Waals surface area contributed by atoms with E-state index in [1.807, 2.05) is 13.8 Å². The summed E-state index contributed by atoms with van der Waals surface area (Å²) in [6.45, 7) is 4.09. The third-order valence-electron chi connectivity index (χ3n) is 3.42. The van der Waals surface area contributed by atoms with Crippen molar-refractivity contribution in [2.75, 3.05) is 6.54 Å². The number of aryl methyl sites for hydroxylation is 2. The number of para-hydroxylation sites is 1. The SMILES string of the molecule is CC[C@H](CNC(=O)c1cc(C)n(C)n1)Oc1ccccc1F. The first-order valence-corrected chi connectivity index (χ1v) is 7.21. The van der Waals surface area contributed by atoms with E-state index in [4.69, 9.17) is 4.74 Å². The number of hydrogen-bond donors (Lipinski definition) is 1. The lowest BCUT2D eigenvalue weighted by Crippen LogP contribution is -2.35. The van der Waals surface area contributed by atoms with Crippen LogP contribution in [0.15, 0.2) is 30.3 Å². The number of nitrogens with one attached hydrogen (secondary N) is 1. The van der Waals surface area contributed by atoms with E-state index in [0.29, 0.717) is 18.7 Å². The largest absolute Gasteiger partial charge is 0.486 e. The third-order valence-corrected chi connectivity index (χ3v) is 3.42. The zero-order valence-electron chi connectivity index (χ0n) is 13.0. The van der Waals surface area contributed by atoms with Crippen LogP contribution in [-0.4, -0.2) is 28.3 Å².